The van der Waals surface area contributed by atoms with Gasteiger partial charge in [0.1, 0.15) is 0 Å². The molecular formula is C12H19NO7S. The Labute approximate surface area is 127 Å². The topological polar surface area (TPSA) is 99.2 Å². The largest absolute Gasteiger partial charge is 0.457 e. The van der Waals surface area contributed by atoms with Gasteiger partial charge < -0.3 is 14.2 Å². The minimum absolute atomic E-state index is 0.423. The van der Waals surface area contributed by atoms with Gasteiger partial charge in [0.2, 0.25) is 5.91 Å². The lowest BCUT2D eigenvalue weighted by molar-refractivity contribution is -0.177. The van der Waals surface area contributed by atoms with E-state index in [0.29, 0.717) is 10.7 Å². The van der Waals surface area contributed by atoms with Crippen LogP contribution in [0.2, 0.25) is 0 Å². The Morgan fingerprint density at radius 3 is 2.10 bits per heavy atom. The molecule has 1 unspecified atom stereocenters. The van der Waals surface area contributed by atoms with Gasteiger partial charge in [-0.2, -0.15) is 0 Å². The average Bonchev–Trinajstić information content (AvgIpc) is 2.36. The molecule has 0 spiro atoms. The second kappa shape index (κ2) is 9.22. The molecular weight excluding hydrogens is 302 g/mol. The summed E-state index contributed by atoms with van der Waals surface area (Å²) in [6.45, 7) is 6.02. The first-order valence-corrected chi connectivity index (χ1v) is 7.16. The lowest BCUT2D eigenvalue weighted by atomic mass is 10.5. The van der Waals surface area contributed by atoms with Crippen molar-refractivity contribution in [3.8, 4) is 0 Å². The number of esters is 1. The van der Waals surface area contributed by atoms with E-state index in [1.807, 2.05) is 0 Å². The number of imide groups is 1. The zero-order chi connectivity index (χ0) is 16.6. The van der Waals surface area contributed by atoms with Crippen molar-refractivity contribution >= 4 is 35.0 Å². The molecule has 8 nitrogen and oxygen atoms in total. The number of rotatable bonds is 5. The Morgan fingerprint density at radius 2 is 1.67 bits per heavy atom. The molecule has 0 heterocycles. The van der Waals surface area contributed by atoms with Gasteiger partial charge in [-0.3, -0.25) is 9.69 Å². The summed E-state index contributed by atoms with van der Waals surface area (Å²) < 4.78 is 14.2. The molecule has 0 aliphatic carbocycles. The number of nitrogens with zero attached hydrogens (tertiary/aromatic N) is 1. The number of carbonyl (C=O) groups excluding carboxylic acids is 4. The standard InChI is InChI=1S/C12H19NO7S/c1-6-21-12(17)20-10(9(15)18-7(2)3)19-11(16)13(5)8(4)14/h7,10H,6H2,1-5H3. The van der Waals surface area contributed by atoms with Crippen LogP contribution in [0.25, 0.3) is 0 Å². The van der Waals surface area contributed by atoms with Crippen molar-refractivity contribution in [3.63, 3.8) is 0 Å². The molecule has 0 N–H and O–H groups in total. The first-order chi connectivity index (χ1) is 9.68. The van der Waals surface area contributed by atoms with E-state index >= 15 is 0 Å². The monoisotopic (exact) mass is 321 g/mol. The second-order valence-corrected chi connectivity index (χ2v) is 5.28. The maximum atomic E-state index is 11.7. The highest BCUT2D eigenvalue weighted by Crippen LogP contribution is 2.11. The van der Waals surface area contributed by atoms with Crippen LogP contribution in [-0.2, 0) is 23.8 Å². The van der Waals surface area contributed by atoms with Gasteiger partial charge in [0, 0.05) is 19.7 Å². The fraction of sp³-hybridized carbons (Fsp3) is 0.667. The Hall–Kier alpha value is -1.77. The van der Waals surface area contributed by atoms with Crippen molar-refractivity contribution in [2.75, 3.05) is 12.8 Å². The predicted molar refractivity (Wildman–Crippen MR) is 74.6 cm³/mol. The van der Waals surface area contributed by atoms with Gasteiger partial charge in [0.15, 0.2) is 0 Å². The van der Waals surface area contributed by atoms with E-state index in [1.165, 1.54) is 0 Å². The van der Waals surface area contributed by atoms with Crippen molar-refractivity contribution in [1.29, 1.82) is 0 Å². The molecule has 0 rings (SSSR count). The zero-order valence-corrected chi connectivity index (χ0v) is 13.4. The van der Waals surface area contributed by atoms with Crippen LogP contribution in [0.4, 0.5) is 9.59 Å². The third-order valence-electron chi connectivity index (χ3n) is 1.96. The summed E-state index contributed by atoms with van der Waals surface area (Å²) in [5, 5.41) is -0.790. The maximum absolute atomic E-state index is 11.7. The van der Waals surface area contributed by atoms with Crippen LogP contribution >= 0.6 is 11.8 Å². The second-order valence-electron chi connectivity index (χ2n) is 4.08. The highest BCUT2D eigenvalue weighted by atomic mass is 32.2. The molecule has 1 atom stereocenters. The fourth-order valence-electron chi connectivity index (χ4n) is 0.947. The summed E-state index contributed by atoms with van der Waals surface area (Å²) in [4.78, 5) is 46.4. The van der Waals surface area contributed by atoms with E-state index in [4.69, 9.17) is 9.47 Å². The third kappa shape index (κ3) is 7.54. The van der Waals surface area contributed by atoms with Crippen LogP contribution in [0.3, 0.4) is 0 Å². The maximum Gasteiger partial charge on any atom is 0.419 e. The fourth-order valence-corrected chi connectivity index (χ4v) is 1.34. The summed E-state index contributed by atoms with van der Waals surface area (Å²) in [5.74, 6) is -1.20. The van der Waals surface area contributed by atoms with Crippen molar-refractivity contribution in [1.82, 2.24) is 4.90 Å². The first kappa shape index (κ1) is 19.2. The molecule has 120 valence electrons. The summed E-state index contributed by atoms with van der Waals surface area (Å²) in [5.41, 5.74) is 0. The summed E-state index contributed by atoms with van der Waals surface area (Å²) >= 11 is 0.797. The molecule has 0 saturated heterocycles. The Bertz CT molecular complexity index is 410. The van der Waals surface area contributed by atoms with Crippen LogP contribution in [-0.4, -0.2) is 53.4 Å². The van der Waals surface area contributed by atoms with E-state index in [-0.39, 0.29) is 0 Å². The van der Waals surface area contributed by atoms with Crippen LogP contribution in [0.5, 0.6) is 0 Å². The van der Waals surface area contributed by atoms with Crippen LogP contribution < -0.4 is 0 Å². The Balaban J connectivity index is 4.87. The number of hydrogen-bond donors (Lipinski definition) is 0. The van der Waals surface area contributed by atoms with Crippen molar-refractivity contribution in [2.45, 2.75) is 40.1 Å². The highest BCUT2D eigenvalue weighted by molar-refractivity contribution is 8.13. The first-order valence-electron chi connectivity index (χ1n) is 6.17. The van der Waals surface area contributed by atoms with Gasteiger partial charge in [-0.1, -0.05) is 6.92 Å². The molecule has 0 aliphatic rings. The van der Waals surface area contributed by atoms with Gasteiger partial charge in [0.25, 0.3) is 0 Å². The summed E-state index contributed by atoms with van der Waals surface area (Å²) in [7, 11) is 1.16. The third-order valence-corrected chi connectivity index (χ3v) is 2.58. The molecule has 0 aromatic heterocycles. The Morgan fingerprint density at radius 1 is 1.10 bits per heavy atom. The molecule has 0 aromatic carbocycles. The van der Waals surface area contributed by atoms with Gasteiger partial charge >= 0.3 is 23.7 Å². The van der Waals surface area contributed by atoms with Crippen LogP contribution in [0.15, 0.2) is 0 Å². The average molecular weight is 321 g/mol. The van der Waals surface area contributed by atoms with E-state index in [2.05, 4.69) is 4.74 Å². The number of hydrogen-bond acceptors (Lipinski definition) is 8. The minimum Gasteiger partial charge on any atom is -0.457 e. The van der Waals surface area contributed by atoms with Crippen molar-refractivity contribution in [2.24, 2.45) is 0 Å². The molecule has 0 aromatic rings. The normalized spacial score (nSPS) is 11.5. The lowest BCUT2D eigenvalue weighted by Crippen LogP contribution is -2.40. The highest BCUT2D eigenvalue weighted by Gasteiger charge is 2.31. The molecule has 21 heavy (non-hydrogen) atoms. The van der Waals surface area contributed by atoms with Crippen molar-refractivity contribution in [3.05, 3.63) is 0 Å². The molecule has 0 radical (unpaired) electrons. The summed E-state index contributed by atoms with van der Waals surface area (Å²) in [6, 6.07) is 0. The molecule has 9 heteroatoms. The van der Waals surface area contributed by atoms with Gasteiger partial charge in [-0.05, 0) is 25.6 Å². The SMILES string of the molecule is CCSC(=O)OC(OC(=O)N(C)C(C)=O)C(=O)OC(C)C. The van der Waals surface area contributed by atoms with Gasteiger partial charge in [-0.15, -0.1) is 0 Å². The quantitative estimate of drug-likeness (QED) is 0.558. The number of thioether (sulfide) groups is 1. The Kier molecular flexibility index (Phi) is 8.44. The minimum atomic E-state index is -1.85. The lowest BCUT2D eigenvalue weighted by Gasteiger charge is -2.20. The van der Waals surface area contributed by atoms with Gasteiger partial charge in [0.05, 0.1) is 6.10 Å². The molecule has 0 saturated carbocycles. The van der Waals surface area contributed by atoms with E-state index in [0.717, 1.165) is 25.7 Å². The smallest absolute Gasteiger partial charge is 0.419 e. The molecule has 0 bridgehead atoms. The van der Waals surface area contributed by atoms with E-state index in [9.17, 15) is 19.2 Å². The zero-order valence-electron chi connectivity index (χ0n) is 12.6. The molecule has 2 amide bonds. The number of carbonyl (C=O) groups is 4. The van der Waals surface area contributed by atoms with Crippen LogP contribution in [0.1, 0.15) is 27.7 Å². The van der Waals surface area contributed by atoms with E-state index < -0.39 is 35.7 Å². The van der Waals surface area contributed by atoms with Crippen LogP contribution in [0, 0.1) is 0 Å². The van der Waals surface area contributed by atoms with E-state index in [1.54, 1.807) is 20.8 Å². The number of ether oxygens (including phenoxy) is 3. The van der Waals surface area contributed by atoms with Gasteiger partial charge in [-0.25, -0.2) is 14.4 Å². The van der Waals surface area contributed by atoms with Crippen molar-refractivity contribution < 1.29 is 33.4 Å². The molecule has 0 fully saturated rings. The number of amides is 2. The predicted octanol–water partition coefficient (Wildman–Crippen LogP) is 1.77. The molecule has 0 aliphatic heterocycles. The summed E-state index contributed by atoms with van der Waals surface area (Å²) in [6.07, 6.45) is -3.46.